The highest BCUT2D eigenvalue weighted by Gasteiger charge is 2.02. The molecule has 0 aliphatic heterocycles. The summed E-state index contributed by atoms with van der Waals surface area (Å²) in [6, 6.07) is 5.58. The first kappa shape index (κ1) is 8.13. The van der Waals surface area contributed by atoms with E-state index < -0.39 is 6.10 Å². The standard InChI is InChI=1S/C10H10N2O/c1-7(13)8-2-3-9-10(6-8)12-5-4-11-9/h2-7,13H,1H3/t7-/m0/s1. The summed E-state index contributed by atoms with van der Waals surface area (Å²) in [5.41, 5.74) is 2.54. The first-order chi connectivity index (χ1) is 6.27. The van der Waals surface area contributed by atoms with E-state index in [4.69, 9.17) is 0 Å². The fourth-order valence-electron chi connectivity index (χ4n) is 1.24. The van der Waals surface area contributed by atoms with Gasteiger partial charge in [0.1, 0.15) is 0 Å². The summed E-state index contributed by atoms with van der Waals surface area (Å²) in [6.45, 7) is 1.73. The zero-order valence-corrected chi connectivity index (χ0v) is 7.31. The van der Waals surface area contributed by atoms with Gasteiger partial charge in [-0.2, -0.15) is 0 Å². The van der Waals surface area contributed by atoms with Crippen molar-refractivity contribution in [3.63, 3.8) is 0 Å². The van der Waals surface area contributed by atoms with Crippen LogP contribution in [0.3, 0.4) is 0 Å². The van der Waals surface area contributed by atoms with Gasteiger partial charge in [0.2, 0.25) is 0 Å². The molecular weight excluding hydrogens is 164 g/mol. The maximum atomic E-state index is 9.33. The molecule has 2 aromatic rings. The minimum atomic E-state index is -0.452. The zero-order valence-electron chi connectivity index (χ0n) is 7.31. The zero-order chi connectivity index (χ0) is 9.26. The Bertz CT molecular complexity index is 426. The molecule has 0 bridgehead atoms. The van der Waals surface area contributed by atoms with Crippen LogP contribution < -0.4 is 0 Å². The van der Waals surface area contributed by atoms with E-state index in [1.807, 2.05) is 18.2 Å². The third-order valence-electron chi connectivity index (χ3n) is 1.98. The normalized spacial score (nSPS) is 13.1. The molecule has 0 fully saturated rings. The van der Waals surface area contributed by atoms with Crippen LogP contribution >= 0.6 is 0 Å². The Labute approximate surface area is 76.1 Å². The first-order valence-corrected chi connectivity index (χ1v) is 4.16. The van der Waals surface area contributed by atoms with Gasteiger partial charge in [-0.3, -0.25) is 9.97 Å². The molecule has 0 saturated heterocycles. The predicted molar refractivity (Wildman–Crippen MR) is 50.2 cm³/mol. The van der Waals surface area contributed by atoms with Crippen molar-refractivity contribution in [1.29, 1.82) is 0 Å². The van der Waals surface area contributed by atoms with Crippen molar-refractivity contribution in [2.75, 3.05) is 0 Å². The number of hydrogen-bond donors (Lipinski definition) is 1. The van der Waals surface area contributed by atoms with Crippen molar-refractivity contribution in [2.45, 2.75) is 13.0 Å². The smallest absolute Gasteiger partial charge is 0.0890 e. The van der Waals surface area contributed by atoms with Gasteiger partial charge in [0.05, 0.1) is 17.1 Å². The van der Waals surface area contributed by atoms with E-state index in [0.717, 1.165) is 16.6 Å². The molecule has 0 amide bonds. The largest absolute Gasteiger partial charge is 0.389 e. The highest BCUT2D eigenvalue weighted by atomic mass is 16.3. The van der Waals surface area contributed by atoms with Gasteiger partial charge in [0, 0.05) is 12.4 Å². The molecule has 0 aliphatic carbocycles. The minimum absolute atomic E-state index is 0.452. The summed E-state index contributed by atoms with van der Waals surface area (Å²) in [7, 11) is 0. The van der Waals surface area contributed by atoms with Gasteiger partial charge in [0.25, 0.3) is 0 Å². The monoisotopic (exact) mass is 174 g/mol. The van der Waals surface area contributed by atoms with Crippen LogP contribution in [-0.4, -0.2) is 15.1 Å². The molecule has 0 aliphatic rings. The Kier molecular flexibility index (Phi) is 1.94. The second-order valence-corrected chi connectivity index (χ2v) is 2.98. The van der Waals surface area contributed by atoms with Crippen molar-refractivity contribution in [3.8, 4) is 0 Å². The van der Waals surface area contributed by atoms with E-state index in [2.05, 4.69) is 9.97 Å². The van der Waals surface area contributed by atoms with E-state index in [-0.39, 0.29) is 0 Å². The average molecular weight is 174 g/mol. The van der Waals surface area contributed by atoms with Gasteiger partial charge in [-0.1, -0.05) is 6.07 Å². The molecule has 1 aromatic carbocycles. The van der Waals surface area contributed by atoms with Gasteiger partial charge < -0.3 is 5.11 Å². The molecule has 1 aromatic heterocycles. The minimum Gasteiger partial charge on any atom is -0.389 e. The molecule has 1 atom stereocenters. The Balaban J connectivity index is 2.62. The van der Waals surface area contributed by atoms with Crippen LogP contribution in [0.4, 0.5) is 0 Å². The molecule has 66 valence electrons. The number of fused-ring (bicyclic) bond motifs is 1. The van der Waals surface area contributed by atoms with Crippen molar-refractivity contribution in [1.82, 2.24) is 9.97 Å². The van der Waals surface area contributed by atoms with Crippen molar-refractivity contribution >= 4 is 11.0 Å². The van der Waals surface area contributed by atoms with E-state index in [9.17, 15) is 5.11 Å². The van der Waals surface area contributed by atoms with Gasteiger partial charge in [-0.05, 0) is 24.6 Å². The molecule has 1 heterocycles. The molecule has 3 nitrogen and oxygen atoms in total. The lowest BCUT2D eigenvalue weighted by molar-refractivity contribution is 0.199. The molecule has 0 saturated carbocycles. The first-order valence-electron chi connectivity index (χ1n) is 4.16. The fourth-order valence-corrected chi connectivity index (χ4v) is 1.24. The van der Waals surface area contributed by atoms with Gasteiger partial charge in [-0.15, -0.1) is 0 Å². The summed E-state index contributed by atoms with van der Waals surface area (Å²) in [5.74, 6) is 0. The quantitative estimate of drug-likeness (QED) is 0.715. The number of aliphatic hydroxyl groups excluding tert-OH is 1. The van der Waals surface area contributed by atoms with E-state index >= 15 is 0 Å². The molecule has 13 heavy (non-hydrogen) atoms. The van der Waals surface area contributed by atoms with Crippen LogP contribution in [0.15, 0.2) is 30.6 Å². The van der Waals surface area contributed by atoms with Crippen molar-refractivity contribution in [3.05, 3.63) is 36.2 Å². The average Bonchev–Trinajstić information content (AvgIpc) is 2.17. The number of aromatic nitrogens is 2. The lowest BCUT2D eigenvalue weighted by Crippen LogP contribution is -1.91. The highest BCUT2D eigenvalue weighted by molar-refractivity contribution is 5.74. The summed E-state index contributed by atoms with van der Waals surface area (Å²) < 4.78 is 0. The second kappa shape index (κ2) is 3.11. The van der Waals surface area contributed by atoms with Crippen LogP contribution in [0.2, 0.25) is 0 Å². The third kappa shape index (κ3) is 1.51. The third-order valence-corrected chi connectivity index (χ3v) is 1.98. The molecule has 1 N–H and O–H groups in total. The SMILES string of the molecule is C[C@H](O)c1ccc2nccnc2c1. The molecule has 0 radical (unpaired) electrons. The Morgan fingerprint density at radius 1 is 1.15 bits per heavy atom. The van der Waals surface area contributed by atoms with Gasteiger partial charge in [-0.25, -0.2) is 0 Å². The van der Waals surface area contributed by atoms with Crippen LogP contribution in [0.1, 0.15) is 18.6 Å². The summed E-state index contributed by atoms with van der Waals surface area (Å²) >= 11 is 0. The maximum absolute atomic E-state index is 9.33. The summed E-state index contributed by atoms with van der Waals surface area (Å²) in [6.07, 6.45) is 2.85. The topological polar surface area (TPSA) is 46.0 Å². The van der Waals surface area contributed by atoms with Gasteiger partial charge >= 0.3 is 0 Å². The Morgan fingerprint density at radius 2 is 1.85 bits per heavy atom. The Morgan fingerprint density at radius 3 is 2.54 bits per heavy atom. The number of benzene rings is 1. The molecule has 0 spiro atoms. The molecular formula is C10H10N2O. The number of nitrogens with zero attached hydrogens (tertiary/aromatic N) is 2. The molecule has 3 heteroatoms. The lowest BCUT2D eigenvalue weighted by Gasteiger charge is -2.04. The van der Waals surface area contributed by atoms with E-state index in [0.29, 0.717) is 0 Å². The molecule has 0 unspecified atom stereocenters. The second-order valence-electron chi connectivity index (χ2n) is 2.98. The number of hydrogen-bond acceptors (Lipinski definition) is 3. The van der Waals surface area contributed by atoms with Gasteiger partial charge in [0.15, 0.2) is 0 Å². The summed E-state index contributed by atoms with van der Waals surface area (Å²) in [4.78, 5) is 8.29. The Hall–Kier alpha value is -1.48. The van der Waals surface area contributed by atoms with Crippen LogP contribution in [0, 0.1) is 0 Å². The number of rotatable bonds is 1. The fraction of sp³-hybridized carbons (Fsp3) is 0.200. The van der Waals surface area contributed by atoms with Crippen molar-refractivity contribution in [2.24, 2.45) is 0 Å². The van der Waals surface area contributed by atoms with Crippen molar-refractivity contribution < 1.29 is 5.11 Å². The molecule has 2 rings (SSSR count). The number of aliphatic hydroxyl groups is 1. The highest BCUT2D eigenvalue weighted by Crippen LogP contribution is 2.16. The summed E-state index contributed by atoms with van der Waals surface area (Å²) in [5, 5.41) is 9.33. The van der Waals surface area contributed by atoms with Crippen LogP contribution in [0.5, 0.6) is 0 Å². The maximum Gasteiger partial charge on any atom is 0.0890 e. The van der Waals surface area contributed by atoms with E-state index in [1.54, 1.807) is 19.3 Å². The van der Waals surface area contributed by atoms with Crippen LogP contribution in [0.25, 0.3) is 11.0 Å². The lowest BCUT2D eigenvalue weighted by atomic mass is 10.1. The van der Waals surface area contributed by atoms with E-state index in [1.165, 1.54) is 0 Å². The van der Waals surface area contributed by atoms with Crippen LogP contribution in [-0.2, 0) is 0 Å². The predicted octanol–water partition coefficient (Wildman–Crippen LogP) is 1.68.